The second kappa shape index (κ2) is 6.08. The summed E-state index contributed by atoms with van der Waals surface area (Å²) >= 11 is 5.89. The lowest BCUT2D eigenvalue weighted by Crippen LogP contribution is -2.40. The quantitative estimate of drug-likeness (QED) is 0.597. The molecule has 6 rings (SSSR count). The minimum atomic E-state index is -4.59. The number of allylic oxidation sites excluding steroid dienone is 2. The van der Waals surface area contributed by atoms with Gasteiger partial charge in [-0.25, -0.2) is 0 Å². The summed E-state index contributed by atoms with van der Waals surface area (Å²) < 4.78 is 38.7. The van der Waals surface area contributed by atoms with Crippen LogP contribution in [0, 0.1) is 35.5 Å². The van der Waals surface area contributed by atoms with E-state index in [9.17, 15) is 27.6 Å². The largest absolute Gasteiger partial charge is 0.416 e. The molecule has 4 aliphatic carbocycles. The van der Waals surface area contributed by atoms with E-state index in [0.717, 1.165) is 29.5 Å². The van der Waals surface area contributed by atoms with Gasteiger partial charge in [-0.1, -0.05) is 23.8 Å². The number of benzene rings is 1. The van der Waals surface area contributed by atoms with Gasteiger partial charge in [0.1, 0.15) is 6.54 Å². The van der Waals surface area contributed by atoms with Crippen LogP contribution in [0.3, 0.4) is 0 Å². The van der Waals surface area contributed by atoms with Crippen molar-refractivity contribution in [2.45, 2.75) is 12.6 Å². The van der Waals surface area contributed by atoms with Crippen LogP contribution < -0.4 is 5.32 Å². The number of rotatable bonds is 3. The number of likely N-dealkylation sites (tertiary alicyclic amines) is 1. The molecule has 5 aliphatic rings. The van der Waals surface area contributed by atoms with Gasteiger partial charge in [0.25, 0.3) is 0 Å². The van der Waals surface area contributed by atoms with E-state index < -0.39 is 36.0 Å². The zero-order valence-corrected chi connectivity index (χ0v) is 15.7. The monoisotopic (exact) mass is 424 g/mol. The van der Waals surface area contributed by atoms with Crippen LogP contribution in [0.5, 0.6) is 0 Å². The van der Waals surface area contributed by atoms with Crippen molar-refractivity contribution < 1.29 is 27.6 Å². The second-order valence-corrected chi connectivity index (χ2v) is 8.56. The van der Waals surface area contributed by atoms with E-state index in [2.05, 4.69) is 5.32 Å². The Hall–Kier alpha value is -2.35. The van der Waals surface area contributed by atoms with Crippen LogP contribution in [0.25, 0.3) is 0 Å². The number of hydrogen-bond donors (Lipinski definition) is 1. The van der Waals surface area contributed by atoms with Crippen LogP contribution in [0.15, 0.2) is 30.4 Å². The number of halogens is 4. The molecule has 1 N–H and O–H groups in total. The smallest absolute Gasteiger partial charge is 0.323 e. The first kappa shape index (κ1) is 18.7. The molecule has 2 bridgehead atoms. The van der Waals surface area contributed by atoms with Crippen molar-refractivity contribution in [3.8, 4) is 0 Å². The standard InChI is InChI=1S/C20H16ClF3N2O3/c21-13-4-1-8(20(22,23)24)5-14(13)25-15(27)7-26-18(28)16-9-2-3-10(12-6-11(9)12)17(16)19(26)29/h1-5,9-12,16-17H,6-7H2,(H,25,27)/t9-,10-,11-,12-,16-,17+/m0/s1. The number of nitrogens with one attached hydrogen (secondary N) is 1. The minimum Gasteiger partial charge on any atom is -0.323 e. The lowest BCUT2D eigenvalue weighted by Gasteiger charge is -2.37. The van der Waals surface area contributed by atoms with Gasteiger partial charge in [-0.15, -0.1) is 0 Å². The zero-order valence-electron chi connectivity index (χ0n) is 14.9. The van der Waals surface area contributed by atoms with Crippen LogP contribution in [-0.4, -0.2) is 29.2 Å². The summed E-state index contributed by atoms with van der Waals surface area (Å²) in [6.07, 6.45) is 0.493. The molecule has 3 amide bonds. The Morgan fingerprint density at radius 1 is 1.10 bits per heavy atom. The normalized spacial score (nSPS) is 34.3. The van der Waals surface area contributed by atoms with Crippen molar-refractivity contribution in [3.63, 3.8) is 0 Å². The lowest BCUT2D eigenvalue weighted by molar-refractivity contribution is -0.143. The average Bonchev–Trinajstić information content (AvgIpc) is 3.44. The maximum Gasteiger partial charge on any atom is 0.416 e. The first-order chi connectivity index (χ1) is 13.7. The molecule has 1 aromatic carbocycles. The summed E-state index contributed by atoms with van der Waals surface area (Å²) in [4.78, 5) is 39.1. The van der Waals surface area contributed by atoms with Gasteiger partial charge < -0.3 is 5.32 Å². The summed E-state index contributed by atoms with van der Waals surface area (Å²) in [6, 6.07) is 2.58. The summed E-state index contributed by atoms with van der Waals surface area (Å²) in [6.45, 7) is -0.536. The molecule has 1 aromatic rings. The van der Waals surface area contributed by atoms with Crippen molar-refractivity contribution in [1.29, 1.82) is 0 Å². The van der Waals surface area contributed by atoms with Gasteiger partial charge in [-0.3, -0.25) is 19.3 Å². The highest BCUT2D eigenvalue weighted by Gasteiger charge is 2.67. The van der Waals surface area contributed by atoms with Crippen LogP contribution in [0.2, 0.25) is 5.02 Å². The van der Waals surface area contributed by atoms with Crippen molar-refractivity contribution in [2.75, 3.05) is 11.9 Å². The number of nitrogens with zero attached hydrogens (tertiary/aromatic N) is 1. The Labute approximate surface area is 168 Å². The number of hydrogen-bond acceptors (Lipinski definition) is 3. The van der Waals surface area contributed by atoms with Crippen LogP contribution in [0.4, 0.5) is 18.9 Å². The first-order valence-electron chi connectivity index (χ1n) is 9.37. The highest BCUT2D eigenvalue weighted by Crippen LogP contribution is 2.65. The van der Waals surface area contributed by atoms with E-state index in [1.54, 1.807) is 0 Å². The van der Waals surface area contributed by atoms with Crippen molar-refractivity contribution in [3.05, 3.63) is 40.9 Å². The third-order valence-electron chi connectivity index (χ3n) is 6.62. The molecule has 1 heterocycles. The molecule has 0 spiro atoms. The molecule has 9 heteroatoms. The van der Waals surface area contributed by atoms with Crippen molar-refractivity contribution in [2.24, 2.45) is 35.5 Å². The van der Waals surface area contributed by atoms with Crippen LogP contribution >= 0.6 is 11.6 Å². The molecule has 3 fully saturated rings. The summed E-state index contributed by atoms with van der Waals surface area (Å²) in [5, 5.41) is 2.23. The predicted octanol–water partition coefficient (Wildman–Crippen LogP) is 3.35. The lowest BCUT2D eigenvalue weighted by atomic mass is 9.63. The summed E-state index contributed by atoms with van der Waals surface area (Å²) in [7, 11) is 0. The fraction of sp³-hybridized carbons (Fsp3) is 0.450. The third kappa shape index (κ3) is 2.79. The van der Waals surface area contributed by atoms with E-state index in [4.69, 9.17) is 11.6 Å². The minimum absolute atomic E-state index is 0.0393. The van der Waals surface area contributed by atoms with E-state index in [-0.39, 0.29) is 34.4 Å². The number of alkyl halides is 3. The Bertz CT molecular complexity index is 940. The Balaban J connectivity index is 1.32. The molecule has 1 saturated heterocycles. The third-order valence-corrected chi connectivity index (χ3v) is 6.95. The van der Waals surface area contributed by atoms with Gasteiger partial charge >= 0.3 is 6.18 Å². The average molecular weight is 425 g/mol. The highest BCUT2D eigenvalue weighted by molar-refractivity contribution is 6.33. The molecular formula is C20H16ClF3N2O3. The zero-order chi connectivity index (χ0) is 20.7. The first-order valence-corrected chi connectivity index (χ1v) is 9.75. The molecular weight excluding hydrogens is 409 g/mol. The summed E-state index contributed by atoms with van der Waals surface area (Å²) in [5.74, 6) is -1.38. The molecule has 1 aliphatic heterocycles. The number of amides is 3. The van der Waals surface area contributed by atoms with Gasteiger partial charge in [0.15, 0.2) is 0 Å². The van der Waals surface area contributed by atoms with Crippen LogP contribution in [0.1, 0.15) is 12.0 Å². The topological polar surface area (TPSA) is 66.5 Å². The van der Waals surface area contributed by atoms with E-state index in [1.165, 1.54) is 0 Å². The fourth-order valence-electron chi connectivity index (χ4n) is 5.31. The van der Waals surface area contributed by atoms with Crippen molar-refractivity contribution >= 4 is 35.0 Å². The summed E-state index contributed by atoms with van der Waals surface area (Å²) in [5.41, 5.74) is -1.18. The number of imide groups is 1. The Morgan fingerprint density at radius 3 is 2.24 bits per heavy atom. The highest BCUT2D eigenvalue weighted by atomic mass is 35.5. The Kier molecular flexibility index (Phi) is 3.91. The second-order valence-electron chi connectivity index (χ2n) is 8.16. The van der Waals surface area contributed by atoms with Gasteiger partial charge in [0, 0.05) is 0 Å². The molecule has 5 nitrogen and oxygen atoms in total. The number of anilines is 1. The Morgan fingerprint density at radius 2 is 1.69 bits per heavy atom. The van der Waals surface area contributed by atoms with Gasteiger partial charge in [0.2, 0.25) is 17.7 Å². The maximum absolute atomic E-state index is 12.9. The van der Waals surface area contributed by atoms with Gasteiger partial charge in [0.05, 0.1) is 28.1 Å². The number of carbonyl (C=O) groups excluding carboxylic acids is 3. The molecule has 6 atom stereocenters. The molecule has 2 saturated carbocycles. The van der Waals surface area contributed by atoms with Crippen LogP contribution in [-0.2, 0) is 20.6 Å². The van der Waals surface area contributed by atoms with E-state index >= 15 is 0 Å². The molecule has 29 heavy (non-hydrogen) atoms. The maximum atomic E-state index is 12.9. The number of carbonyl (C=O) groups is 3. The molecule has 0 aromatic heterocycles. The van der Waals surface area contributed by atoms with E-state index in [1.807, 2.05) is 12.2 Å². The van der Waals surface area contributed by atoms with Crippen molar-refractivity contribution in [1.82, 2.24) is 4.90 Å². The molecule has 152 valence electrons. The van der Waals surface area contributed by atoms with Gasteiger partial charge in [-0.2, -0.15) is 13.2 Å². The molecule has 0 unspecified atom stereocenters. The van der Waals surface area contributed by atoms with Gasteiger partial charge in [-0.05, 0) is 48.3 Å². The fourth-order valence-corrected chi connectivity index (χ4v) is 5.47. The van der Waals surface area contributed by atoms with E-state index in [0.29, 0.717) is 11.8 Å². The molecule has 0 radical (unpaired) electrons. The SMILES string of the molecule is O=C(CN1C(=O)[C@@H]2[C@H]3C=C[C@@H]([C@@H]4C[C@@H]34)[C@@H]2C1=O)Nc1cc(C(F)(F)F)ccc1Cl. The predicted molar refractivity (Wildman–Crippen MR) is 96.5 cm³/mol.